The zero-order valence-corrected chi connectivity index (χ0v) is 21.3. The van der Waals surface area contributed by atoms with Crippen molar-refractivity contribution in [2.75, 3.05) is 11.9 Å². The van der Waals surface area contributed by atoms with E-state index >= 15 is 0 Å². The Labute approximate surface area is 212 Å². The smallest absolute Gasteiger partial charge is 0.138 e. The van der Waals surface area contributed by atoms with Crippen LogP contribution in [-0.4, -0.2) is 11.6 Å². The summed E-state index contributed by atoms with van der Waals surface area (Å²) in [6, 6.07) is 17.5. The van der Waals surface area contributed by atoms with Crippen molar-refractivity contribution in [3.8, 4) is 17.6 Å². The van der Waals surface area contributed by atoms with E-state index < -0.39 is 0 Å². The molecule has 1 heterocycles. The molecule has 0 unspecified atom stereocenters. The van der Waals surface area contributed by atoms with Gasteiger partial charge in [0, 0.05) is 17.4 Å². The molecule has 3 rings (SSSR count). The van der Waals surface area contributed by atoms with Gasteiger partial charge in [0.05, 0.1) is 28.6 Å². The van der Waals surface area contributed by atoms with Crippen molar-refractivity contribution in [3.63, 3.8) is 0 Å². The lowest BCUT2D eigenvalue weighted by atomic mass is 9.92. The van der Waals surface area contributed by atoms with Gasteiger partial charge in [0.15, 0.2) is 0 Å². The molecule has 1 aromatic heterocycles. The van der Waals surface area contributed by atoms with Crippen LogP contribution >= 0.6 is 11.6 Å². The maximum Gasteiger partial charge on any atom is 0.138 e. The number of aromatic nitrogens is 1. The second-order valence-electron chi connectivity index (χ2n) is 8.25. The molecule has 0 aliphatic heterocycles. The van der Waals surface area contributed by atoms with Crippen molar-refractivity contribution in [3.05, 3.63) is 100 Å². The summed E-state index contributed by atoms with van der Waals surface area (Å²) >= 11 is 6.54. The zero-order valence-electron chi connectivity index (χ0n) is 20.6. The third-order valence-electron chi connectivity index (χ3n) is 5.45. The fraction of sp³-hybridized carbons (Fsp3) is 0.241. The summed E-state index contributed by atoms with van der Waals surface area (Å²) in [6.45, 7) is 12.9. The SMILES string of the molecule is C=C/C(C#N)=C(/Nc1ccc(OCc2ccccn2)c(Cl)c1)c1c(C)ccc(C(C)C)c1OCC. The van der Waals surface area contributed by atoms with Gasteiger partial charge in [0.25, 0.3) is 0 Å². The summed E-state index contributed by atoms with van der Waals surface area (Å²) in [5, 5.41) is 13.7. The molecule has 1 N–H and O–H groups in total. The molecule has 0 aliphatic rings. The summed E-state index contributed by atoms with van der Waals surface area (Å²) in [5.41, 5.74) is 5.43. The molecule has 6 heteroatoms. The van der Waals surface area contributed by atoms with Gasteiger partial charge in [-0.2, -0.15) is 5.26 Å². The van der Waals surface area contributed by atoms with Crippen LogP contribution in [-0.2, 0) is 6.61 Å². The normalized spacial score (nSPS) is 11.5. The van der Waals surface area contributed by atoms with E-state index in [-0.39, 0.29) is 5.92 Å². The fourth-order valence-electron chi connectivity index (χ4n) is 3.71. The number of rotatable bonds is 10. The first-order chi connectivity index (χ1) is 16.9. The number of halogens is 1. The number of ether oxygens (including phenoxy) is 2. The standard InChI is InChI=1S/C29H30ClN3O2/c1-6-21(17-31)28(27-20(5)11-13-24(19(3)4)29(27)34-7-2)33-22-12-14-26(25(30)16-22)35-18-23-10-8-9-15-32-23/h6,8-16,19,33H,1,7,18H2,2-5H3/b28-21-. The van der Waals surface area contributed by atoms with Crippen LogP contribution in [0.15, 0.2) is 73.0 Å². The third-order valence-corrected chi connectivity index (χ3v) is 5.75. The number of nitrogens with one attached hydrogen (secondary N) is 1. The van der Waals surface area contributed by atoms with Crippen molar-refractivity contribution >= 4 is 23.0 Å². The topological polar surface area (TPSA) is 67.2 Å². The molecule has 5 nitrogen and oxygen atoms in total. The molecule has 180 valence electrons. The Balaban J connectivity index is 2.00. The zero-order chi connectivity index (χ0) is 25.4. The molecule has 0 amide bonds. The highest BCUT2D eigenvalue weighted by molar-refractivity contribution is 6.32. The van der Waals surface area contributed by atoms with E-state index in [0.717, 1.165) is 28.1 Å². The number of benzene rings is 2. The minimum absolute atomic E-state index is 0.247. The third kappa shape index (κ3) is 6.23. The Bertz CT molecular complexity index is 1260. The number of nitriles is 1. The van der Waals surface area contributed by atoms with E-state index in [1.807, 2.05) is 38.1 Å². The second-order valence-corrected chi connectivity index (χ2v) is 8.66. The monoisotopic (exact) mass is 487 g/mol. The highest BCUT2D eigenvalue weighted by Gasteiger charge is 2.21. The summed E-state index contributed by atoms with van der Waals surface area (Å²) in [7, 11) is 0. The van der Waals surface area contributed by atoms with Crippen LogP contribution < -0.4 is 14.8 Å². The van der Waals surface area contributed by atoms with Crippen LogP contribution in [0.5, 0.6) is 11.5 Å². The number of hydrogen-bond donors (Lipinski definition) is 1. The first-order valence-corrected chi connectivity index (χ1v) is 11.9. The Morgan fingerprint density at radius 3 is 2.60 bits per heavy atom. The van der Waals surface area contributed by atoms with Gasteiger partial charge in [-0.3, -0.25) is 4.98 Å². The number of pyridine rings is 1. The summed E-state index contributed by atoms with van der Waals surface area (Å²) < 4.78 is 12.0. The van der Waals surface area contributed by atoms with Crippen LogP contribution in [0, 0.1) is 18.3 Å². The van der Waals surface area contributed by atoms with Gasteiger partial charge in [-0.15, -0.1) is 0 Å². The van der Waals surface area contributed by atoms with Crippen molar-refractivity contribution in [1.29, 1.82) is 5.26 Å². The molecule has 2 aromatic carbocycles. The van der Waals surface area contributed by atoms with Crippen LogP contribution in [0.3, 0.4) is 0 Å². The fourth-order valence-corrected chi connectivity index (χ4v) is 3.94. The number of nitrogens with zero attached hydrogens (tertiary/aromatic N) is 2. The van der Waals surface area contributed by atoms with Crippen LogP contribution in [0.2, 0.25) is 5.02 Å². The van der Waals surface area contributed by atoms with E-state index in [1.54, 1.807) is 24.4 Å². The van der Waals surface area contributed by atoms with E-state index in [4.69, 9.17) is 21.1 Å². The van der Waals surface area contributed by atoms with Crippen LogP contribution in [0.25, 0.3) is 5.70 Å². The van der Waals surface area contributed by atoms with Crippen molar-refractivity contribution < 1.29 is 9.47 Å². The van der Waals surface area contributed by atoms with Gasteiger partial charge in [0.2, 0.25) is 0 Å². The van der Waals surface area contributed by atoms with Gasteiger partial charge in [-0.1, -0.05) is 50.2 Å². The largest absolute Gasteiger partial charge is 0.493 e. The minimum Gasteiger partial charge on any atom is -0.493 e. The Morgan fingerprint density at radius 1 is 1.20 bits per heavy atom. The molecule has 0 aliphatic carbocycles. The van der Waals surface area contributed by atoms with Gasteiger partial charge in [-0.25, -0.2) is 0 Å². The summed E-state index contributed by atoms with van der Waals surface area (Å²) in [6.07, 6.45) is 3.27. The maximum atomic E-state index is 9.89. The average Bonchev–Trinajstić information content (AvgIpc) is 2.84. The first kappa shape index (κ1) is 25.9. The highest BCUT2D eigenvalue weighted by Crippen LogP contribution is 2.39. The van der Waals surface area contributed by atoms with Crippen molar-refractivity contribution in [2.45, 2.75) is 40.2 Å². The Hall–Kier alpha value is -3.75. The lowest BCUT2D eigenvalue weighted by molar-refractivity contribution is 0.301. The quantitative estimate of drug-likeness (QED) is 0.234. The molecule has 0 atom stereocenters. The molecule has 0 saturated carbocycles. The van der Waals surface area contributed by atoms with Gasteiger partial charge < -0.3 is 14.8 Å². The molecule has 0 spiro atoms. The van der Waals surface area contributed by atoms with Gasteiger partial charge in [-0.05, 0) is 67.3 Å². The molecule has 0 saturated heterocycles. The van der Waals surface area contributed by atoms with Crippen molar-refractivity contribution in [1.82, 2.24) is 4.98 Å². The van der Waals surface area contributed by atoms with Crippen LogP contribution in [0.4, 0.5) is 5.69 Å². The first-order valence-electron chi connectivity index (χ1n) is 11.5. The molecule has 0 bridgehead atoms. The number of aryl methyl sites for hydroxylation is 1. The molecule has 0 radical (unpaired) electrons. The Morgan fingerprint density at radius 2 is 2.00 bits per heavy atom. The van der Waals surface area contributed by atoms with E-state index in [9.17, 15) is 5.26 Å². The minimum atomic E-state index is 0.247. The lowest BCUT2D eigenvalue weighted by Gasteiger charge is -2.23. The van der Waals surface area contributed by atoms with Crippen molar-refractivity contribution in [2.24, 2.45) is 0 Å². The number of hydrogen-bond acceptors (Lipinski definition) is 5. The molecule has 0 fully saturated rings. The maximum absolute atomic E-state index is 9.89. The summed E-state index contributed by atoms with van der Waals surface area (Å²) in [5.74, 6) is 1.56. The van der Waals surface area contributed by atoms with Gasteiger partial charge >= 0.3 is 0 Å². The molecule has 35 heavy (non-hydrogen) atoms. The lowest BCUT2D eigenvalue weighted by Crippen LogP contribution is -2.09. The van der Waals surface area contributed by atoms with E-state index in [2.05, 4.69) is 48.9 Å². The highest BCUT2D eigenvalue weighted by atomic mass is 35.5. The van der Waals surface area contributed by atoms with Crippen LogP contribution in [0.1, 0.15) is 49.1 Å². The molecular formula is C29H30ClN3O2. The average molecular weight is 488 g/mol. The van der Waals surface area contributed by atoms with Gasteiger partial charge in [0.1, 0.15) is 24.2 Å². The number of anilines is 1. The molecular weight excluding hydrogens is 458 g/mol. The predicted molar refractivity (Wildman–Crippen MR) is 143 cm³/mol. The summed E-state index contributed by atoms with van der Waals surface area (Å²) in [4.78, 5) is 4.26. The second kappa shape index (κ2) is 12.1. The van der Waals surface area contributed by atoms with E-state index in [0.29, 0.717) is 40.9 Å². The Kier molecular flexibility index (Phi) is 8.94. The molecule has 3 aromatic rings. The predicted octanol–water partition coefficient (Wildman–Crippen LogP) is 7.68. The van der Waals surface area contributed by atoms with E-state index in [1.165, 1.54) is 0 Å². The number of allylic oxidation sites excluding steroid dienone is 2.